The van der Waals surface area contributed by atoms with Crippen LogP contribution in [0.25, 0.3) is 0 Å². The molecule has 2 atom stereocenters. The summed E-state index contributed by atoms with van der Waals surface area (Å²) < 4.78 is 5.05. The van der Waals surface area contributed by atoms with E-state index >= 15 is 0 Å². The lowest BCUT2D eigenvalue weighted by atomic mass is 9.68. The number of esters is 1. The minimum absolute atomic E-state index is 0.190. The van der Waals surface area contributed by atoms with Crippen molar-refractivity contribution in [1.82, 2.24) is 0 Å². The quantitative estimate of drug-likeness (QED) is 0.365. The van der Waals surface area contributed by atoms with Gasteiger partial charge < -0.3 is 9.53 Å². The highest BCUT2D eigenvalue weighted by Gasteiger charge is 2.31. The van der Waals surface area contributed by atoms with E-state index < -0.39 is 0 Å². The predicted octanol–water partition coefficient (Wildman–Crippen LogP) is 5.87. The number of hydrogen-bond donors (Lipinski definition) is 0. The smallest absolute Gasteiger partial charge is 0.302 e. The number of carbonyl (C=O) groups is 2. The van der Waals surface area contributed by atoms with E-state index in [2.05, 4.69) is 27.7 Å². The van der Waals surface area contributed by atoms with Gasteiger partial charge in [-0.3, -0.25) is 4.79 Å². The number of ether oxygens (including phenoxy) is 1. The van der Waals surface area contributed by atoms with Gasteiger partial charge in [0, 0.05) is 13.3 Å². The molecule has 25 heavy (non-hydrogen) atoms. The van der Waals surface area contributed by atoms with Gasteiger partial charge in [0.25, 0.3) is 0 Å². The van der Waals surface area contributed by atoms with Gasteiger partial charge in [0.15, 0.2) is 0 Å². The molecule has 1 aliphatic rings. The van der Waals surface area contributed by atoms with Crippen LogP contribution < -0.4 is 0 Å². The minimum Gasteiger partial charge on any atom is -0.466 e. The molecular formula is C22H38O3. The molecular weight excluding hydrogens is 312 g/mol. The monoisotopic (exact) mass is 350 g/mol. The first-order valence-corrected chi connectivity index (χ1v) is 9.98. The Labute approximate surface area is 154 Å². The summed E-state index contributed by atoms with van der Waals surface area (Å²) in [7, 11) is 0. The van der Waals surface area contributed by atoms with Gasteiger partial charge in [0.1, 0.15) is 5.78 Å². The highest BCUT2D eigenvalue weighted by atomic mass is 16.5. The Hall–Kier alpha value is -1.12. The van der Waals surface area contributed by atoms with E-state index in [0.717, 1.165) is 19.3 Å². The second kappa shape index (κ2) is 10.1. The van der Waals surface area contributed by atoms with Gasteiger partial charge >= 0.3 is 5.97 Å². The highest BCUT2D eigenvalue weighted by molar-refractivity contribution is 5.75. The van der Waals surface area contributed by atoms with Crippen LogP contribution in [0.4, 0.5) is 0 Å². The molecule has 0 N–H and O–H groups in total. The number of Topliss-reactive ketones (excluding diaryl/α,β-unsaturated/α-hetero) is 1. The molecule has 0 saturated heterocycles. The molecule has 0 amide bonds. The molecule has 0 aromatic rings. The van der Waals surface area contributed by atoms with Crippen LogP contribution in [-0.4, -0.2) is 18.4 Å². The van der Waals surface area contributed by atoms with E-state index in [4.69, 9.17) is 4.74 Å². The van der Waals surface area contributed by atoms with Crippen molar-refractivity contribution in [2.75, 3.05) is 6.61 Å². The molecule has 1 aliphatic carbocycles. The minimum atomic E-state index is -0.190. The van der Waals surface area contributed by atoms with E-state index in [-0.39, 0.29) is 11.4 Å². The molecule has 0 fully saturated rings. The van der Waals surface area contributed by atoms with Gasteiger partial charge in [-0.25, -0.2) is 0 Å². The SMILES string of the molecule is CC(=O)CCC1=C(C(C)CC[C@H](C)CCOC(C)=O)CCCC1(C)C. The molecule has 0 saturated carbocycles. The first-order chi connectivity index (χ1) is 11.6. The van der Waals surface area contributed by atoms with E-state index in [0.29, 0.717) is 30.6 Å². The normalized spacial score (nSPS) is 19.4. The molecule has 0 aromatic heterocycles. The first kappa shape index (κ1) is 21.9. The molecule has 0 heterocycles. The average molecular weight is 351 g/mol. The summed E-state index contributed by atoms with van der Waals surface area (Å²) in [5.74, 6) is 1.25. The lowest BCUT2D eigenvalue weighted by Gasteiger charge is -2.38. The van der Waals surface area contributed by atoms with Crippen LogP contribution in [0.3, 0.4) is 0 Å². The maximum atomic E-state index is 11.5. The maximum absolute atomic E-state index is 11.5. The van der Waals surface area contributed by atoms with Crippen LogP contribution in [0.15, 0.2) is 11.1 Å². The van der Waals surface area contributed by atoms with Gasteiger partial charge in [-0.15, -0.1) is 0 Å². The Morgan fingerprint density at radius 2 is 1.80 bits per heavy atom. The summed E-state index contributed by atoms with van der Waals surface area (Å²) in [5.41, 5.74) is 3.40. The lowest BCUT2D eigenvalue weighted by molar-refractivity contribution is -0.141. The van der Waals surface area contributed by atoms with Crippen molar-refractivity contribution in [3.05, 3.63) is 11.1 Å². The fourth-order valence-electron chi connectivity index (χ4n) is 4.06. The Kier molecular flexibility index (Phi) is 8.88. The van der Waals surface area contributed by atoms with Crippen LogP contribution in [-0.2, 0) is 14.3 Å². The summed E-state index contributed by atoms with van der Waals surface area (Å²) in [4.78, 5) is 22.3. The van der Waals surface area contributed by atoms with Gasteiger partial charge in [-0.05, 0) is 62.7 Å². The lowest BCUT2D eigenvalue weighted by Crippen LogP contribution is -2.24. The highest BCUT2D eigenvalue weighted by Crippen LogP contribution is 2.45. The van der Waals surface area contributed by atoms with E-state index in [9.17, 15) is 9.59 Å². The van der Waals surface area contributed by atoms with Crippen molar-refractivity contribution in [2.45, 2.75) is 92.9 Å². The molecule has 144 valence electrons. The van der Waals surface area contributed by atoms with Crippen LogP contribution in [0, 0.1) is 17.3 Å². The van der Waals surface area contributed by atoms with Crippen LogP contribution in [0.1, 0.15) is 92.9 Å². The summed E-state index contributed by atoms with van der Waals surface area (Å²) in [6.07, 6.45) is 8.57. The number of hydrogen-bond acceptors (Lipinski definition) is 3. The third-order valence-electron chi connectivity index (χ3n) is 5.78. The standard InChI is InChI=1S/C22H38O3/c1-16(13-15-25-19(4)24)9-10-17(2)20-8-7-14-22(5,6)21(20)12-11-18(3)23/h16-17H,7-15H2,1-6H3/t16-,17?/m0/s1. The summed E-state index contributed by atoms with van der Waals surface area (Å²) >= 11 is 0. The van der Waals surface area contributed by atoms with Crippen molar-refractivity contribution in [3.63, 3.8) is 0 Å². The van der Waals surface area contributed by atoms with Gasteiger partial charge in [0.2, 0.25) is 0 Å². The average Bonchev–Trinajstić information content (AvgIpc) is 2.49. The molecule has 0 aliphatic heterocycles. The summed E-state index contributed by atoms with van der Waals surface area (Å²) in [5, 5.41) is 0. The second-order valence-corrected chi connectivity index (χ2v) is 8.66. The Morgan fingerprint density at radius 1 is 1.12 bits per heavy atom. The zero-order valence-electron chi connectivity index (χ0n) is 17.2. The van der Waals surface area contributed by atoms with Gasteiger partial charge in [-0.2, -0.15) is 0 Å². The van der Waals surface area contributed by atoms with Crippen molar-refractivity contribution in [3.8, 4) is 0 Å². The van der Waals surface area contributed by atoms with E-state index in [1.807, 2.05) is 0 Å². The topological polar surface area (TPSA) is 43.4 Å². The van der Waals surface area contributed by atoms with Crippen molar-refractivity contribution in [2.24, 2.45) is 17.3 Å². The molecule has 3 heteroatoms. The molecule has 1 unspecified atom stereocenters. The van der Waals surface area contributed by atoms with Crippen LogP contribution in [0.2, 0.25) is 0 Å². The van der Waals surface area contributed by atoms with Gasteiger partial charge in [-0.1, -0.05) is 45.3 Å². The first-order valence-electron chi connectivity index (χ1n) is 9.98. The number of ketones is 1. The van der Waals surface area contributed by atoms with E-state index in [1.165, 1.54) is 32.6 Å². The Bertz CT molecular complexity index is 488. The fraction of sp³-hybridized carbons (Fsp3) is 0.818. The Morgan fingerprint density at radius 3 is 2.40 bits per heavy atom. The summed E-state index contributed by atoms with van der Waals surface area (Å²) in [6, 6.07) is 0. The zero-order chi connectivity index (χ0) is 19.0. The second-order valence-electron chi connectivity index (χ2n) is 8.66. The molecule has 1 rings (SSSR count). The zero-order valence-corrected chi connectivity index (χ0v) is 17.2. The Balaban J connectivity index is 2.66. The van der Waals surface area contributed by atoms with Crippen molar-refractivity contribution < 1.29 is 14.3 Å². The molecule has 0 bridgehead atoms. The number of carbonyl (C=O) groups excluding carboxylic acids is 2. The largest absolute Gasteiger partial charge is 0.466 e. The summed E-state index contributed by atoms with van der Waals surface area (Å²) in [6.45, 7) is 13.0. The maximum Gasteiger partial charge on any atom is 0.302 e. The van der Waals surface area contributed by atoms with Crippen molar-refractivity contribution in [1.29, 1.82) is 0 Å². The number of rotatable bonds is 10. The van der Waals surface area contributed by atoms with Crippen LogP contribution >= 0.6 is 0 Å². The molecule has 3 nitrogen and oxygen atoms in total. The number of allylic oxidation sites excluding steroid dienone is 2. The van der Waals surface area contributed by atoms with Gasteiger partial charge in [0.05, 0.1) is 6.61 Å². The van der Waals surface area contributed by atoms with Crippen LogP contribution in [0.5, 0.6) is 0 Å². The fourth-order valence-corrected chi connectivity index (χ4v) is 4.06. The third-order valence-corrected chi connectivity index (χ3v) is 5.78. The van der Waals surface area contributed by atoms with E-state index in [1.54, 1.807) is 18.1 Å². The molecule has 0 radical (unpaired) electrons. The third kappa shape index (κ3) is 7.75. The van der Waals surface area contributed by atoms with Crippen molar-refractivity contribution >= 4 is 11.8 Å². The predicted molar refractivity (Wildman–Crippen MR) is 103 cm³/mol. The molecule has 0 spiro atoms. The molecule has 0 aromatic carbocycles.